The molecule has 0 N–H and O–H groups in total. The second kappa shape index (κ2) is 3.58. The van der Waals surface area contributed by atoms with Crippen LogP contribution in [0, 0.1) is 0 Å². The predicted molar refractivity (Wildman–Crippen MR) is 30.1 cm³/mol. The van der Waals surface area contributed by atoms with Gasteiger partial charge in [0.1, 0.15) is 6.17 Å². The van der Waals surface area contributed by atoms with E-state index in [1.54, 1.807) is 0 Å². The maximum Gasteiger partial charge on any atom is 0.101 e. The van der Waals surface area contributed by atoms with E-state index >= 15 is 0 Å². The van der Waals surface area contributed by atoms with Crippen LogP contribution in [0.5, 0.6) is 0 Å². The number of halogens is 2. The van der Waals surface area contributed by atoms with Crippen LogP contribution in [0.2, 0.25) is 0 Å². The Balaban J connectivity index is 3.29. The van der Waals surface area contributed by atoms with Gasteiger partial charge in [-0.15, -0.1) is 0 Å². The molecule has 0 spiro atoms. The Labute approximate surface area is 48.2 Å². The highest BCUT2D eigenvalue weighted by molar-refractivity contribution is 4.87. The van der Waals surface area contributed by atoms with Crippen molar-refractivity contribution < 1.29 is 8.78 Å². The van der Waals surface area contributed by atoms with Gasteiger partial charge in [0, 0.05) is 0 Å². The Bertz CT molecular complexity index is 80.5. The van der Waals surface area contributed by atoms with E-state index in [1.165, 1.54) is 19.9 Å². The van der Waals surface area contributed by atoms with E-state index in [9.17, 15) is 8.78 Å². The van der Waals surface area contributed by atoms with Crippen molar-refractivity contribution in [1.82, 2.24) is 0 Å². The second-order valence-electron chi connectivity index (χ2n) is 1.81. The normalized spacial score (nSPS) is 16.2. The largest absolute Gasteiger partial charge is 0.247 e. The highest BCUT2D eigenvalue weighted by Gasteiger charge is 1.92. The zero-order valence-electron chi connectivity index (χ0n) is 5.12. The molecular weight excluding hydrogens is 110 g/mol. The first-order chi connectivity index (χ1) is 3.63. The third-order valence-corrected chi connectivity index (χ3v) is 0.724. The lowest BCUT2D eigenvalue weighted by Crippen LogP contribution is -1.87. The van der Waals surface area contributed by atoms with Crippen LogP contribution in [-0.2, 0) is 0 Å². The molecule has 0 amide bonds. The zero-order chi connectivity index (χ0) is 6.57. The molecule has 0 fully saturated rings. The van der Waals surface area contributed by atoms with Crippen LogP contribution < -0.4 is 0 Å². The summed E-state index contributed by atoms with van der Waals surface area (Å²) < 4.78 is 23.6. The molecule has 0 aromatic rings. The van der Waals surface area contributed by atoms with Crippen LogP contribution in [0.15, 0.2) is 11.9 Å². The minimum absolute atomic E-state index is 0.183. The number of alkyl halides is 1. The molecule has 0 nitrogen and oxygen atoms in total. The average molecular weight is 120 g/mol. The van der Waals surface area contributed by atoms with Gasteiger partial charge in [0.2, 0.25) is 0 Å². The molecule has 0 bridgehead atoms. The molecule has 48 valence electrons. The molecule has 1 unspecified atom stereocenters. The van der Waals surface area contributed by atoms with Crippen LogP contribution in [0.1, 0.15) is 20.3 Å². The summed E-state index contributed by atoms with van der Waals surface area (Å²) in [6.45, 7) is 2.71. The van der Waals surface area contributed by atoms with E-state index in [-0.39, 0.29) is 12.2 Å². The van der Waals surface area contributed by atoms with Gasteiger partial charge < -0.3 is 0 Å². The summed E-state index contributed by atoms with van der Waals surface area (Å²) in [7, 11) is 0. The van der Waals surface area contributed by atoms with Crippen LogP contribution in [0.3, 0.4) is 0 Å². The first-order valence-electron chi connectivity index (χ1n) is 2.59. The Hall–Kier alpha value is -0.400. The van der Waals surface area contributed by atoms with Gasteiger partial charge in [-0.3, -0.25) is 0 Å². The monoisotopic (exact) mass is 120 g/mol. The summed E-state index contributed by atoms with van der Waals surface area (Å²) in [5.41, 5.74) is 0. The van der Waals surface area contributed by atoms with Gasteiger partial charge in [-0.2, -0.15) is 0 Å². The minimum atomic E-state index is -0.930. The van der Waals surface area contributed by atoms with Gasteiger partial charge in [-0.25, -0.2) is 8.78 Å². The lowest BCUT2D eigenvalue weighted by molar-refractivity contribution is 0.363. The Morgan fingerprint density at radius 2 is 2.25 bits per heavy atom. The first kappa shape index (κ1) is 7.60. The van der Waals surface area contributed by atoms with Gasteiger partial charge in [0.25, 0.3) is 0 Å². The average Bonchev–Trinajstić information content (AvgIpc) is 1.61. The van der Waals surface area contributed by atoms with E-state index < -0.39 is 6.17 Å². The van der Waals surface area contributed by atoms with Crippen LogP contribution in [-0.4, -0.2) is 6.17 Å². The van der Waals surface area contributed by atoms with Crippen molar-refractivity contribution in [2.45, 2.75) is 26.4 Å². The summed E-state index contributed by atoms with van der Waals surface area (Å²) in [4.78, 5) is 0. The first-order valence-corrected chi connectivity index (χ1v) is 2.59. The lowest BCUT2D eigenvalue weighted by atomic mass is 10.3. The molecule has 1 atom stereocenters. The summed E-state index contributed by atoms with van der Waals surface area (Å²) in [6.07, 6.45) is 0.494. The molecule has 2 heteroatoms. The topological polar surface area (TPSA) is 0 Å². The standard InChI is InChI=1S/C6H10F2/c1-5(7)3-4-6(2)8/h3,6H,4H2,1-2H3/b5-3+. The van der Waals surface area contributed by atoms with Crippen molar-refractivity contribution >= 4 is 0 Å². The van der Waals surface area contributed by atoms with Gasteiger partial charge in [0.15, 0.2) is 0 Å². The van der Waals surface area contributed by atoms with Crippen molar-refractivity contribution in [2.75, 3.05) is 0 Å². The maximum atomic E-state index is 11.9. The predicted octanol–water partition coefficient (Wildman–Crippen LogP) is 2.61. The quantitative estimate of drug-likeness (QED) is 0.525. The number of hydrogen-bond donors (Lipinski definition) is 0. The summed E-state index contributed by atoms with van der Waals surface area (Å²) in [5, 5.41) is 0. The molecule has 0 aromatic carbocycles. The van der Waals surface area contributed by atoms with E-state index in [0.717, 1.165) is 0 Å². The Kier molecular flexibility index (Phi) is 3.40. The second-order valence-corrected chi connectivity index (χ2v) is 1.81. The third-order valence-electron chi connectivity index (χ3n) is 0.724. The fourth-order valence-electron chi connectivity index (χ4n) is 0.325. The molecule has 0 radical (unpaired) electrons. The fraction of sp³-hybridized carbons (Fsp3) is 0.667. The molecule has 0 aromatic heterocycles. The molecule has 8 heavy (non-hydrogen) atoms. The van der Waals surface area contributed by atoms with E-state index in [0.29, 0.717) is 0 Å². The van der Waals surface area contributed by atoms with E-state index in [4.69, 9.17) is 0 Å². The Morgan fingerprint density at radius 3 is 2.38 bits per heavy atom. The van der Waals surface area contributed by atoms with Crippen LogP contribution >= 0.6 is 0 Å². The van der Waals surface area contributed by atoms with Crippen molar-refractivity contribution in [3.05, 3.63) is 11.9 Å². The molecular formula is C6H10F2. The fourth-order valence-corrected chi connectivity index (χ4v) is 0.325. The summed E-state index contributed by atoms with van der Waals surface area (Å²) >= 11 is 0. The smallest absolute Gasteiger partial charge is 0.101 e. The number of hydrogen-bond acceptors (Lipinski definition) is 0. The van der Waals surface area contributed by atoms with Crippen LogP contribution in [0.4, 0.5) is 8.78 Å². The van der Waals surface area contributed by atoms with Gasteiger partial charge in [0.05, 0.1) is 5.83 Å². The molecule has 0 aliphatic rings. The third kappa shape index (κ3) is 5.60. The summed E-state index contributed by atoms with van der Waals surface area (Å²) in [6, 6.07) is 0. The molecule has 0 saturated heterocycles. The van der Waals surface area contributed by atoms with Gasteiger partial charge in [-0.1, -0.05) is 6.08 Å². The minimum Gasteiger partial charge on any atom is -0.247 e. The van der Waals surface area contributed by atoms with Crippen molar-refractivity contribution in [1.29, 1.82) is 0 Å². The molecule has 0 aliphatic heterocycles. The molecule has 0 saturated carbocycles. The number of allylic oxidation sites excluding steroid dienone is 2. The zero-order valence-corrected chi connectivity index (χ0v) is 5.12. The highest BCUT2D eigenvalue weighted by atomic mass is 19.1. The van der Waals surface area contributed by atoms with Crippen molar-refractivity contribution in [3.8, 4) is 0 Å². The highest BCUT2D eigenvalue weighted by Crippen LogP contribution is 2.01. The SMILES string of the molecule is C/C(F)=C\CC(C)F. The maximum absolute atomic E-state index is 11.9. The van der Waals surface area contributed by atoms with Gasteiger partial charge >= 0.3 is 0 Å². The Morgan fingerprint density at radius 1 is 1.75 bits per heavy atom. The molecule has 0 rings (SSSR count). The van der Waals surface area contributed by atoms with Crippen molar-refractivity contribution in [3.63, 3.8) is 0 Å². The van der Waals surface area contributed by atoms with E-state index in [1.807, 2.05) is 0 Å². The van der Waals surface area contributed by atoms with E-state index in [2.05, 4.69) is 0 Å². The summed E-state index contributed by atoms with van der Waals surface area (Å²) in [5.74, 6) is -0.311. The number of rotatable bonds is 2. The molecule has 0 heterocycles. The van der Waals surface area contributed by atoms with Crippen molar-refractivity contribution in [2.24, 2.45) is 0 Å². The molecule has 0 aliphatic carbocycles. The van der Waals surface area contributed by atoms with Gasteiger partial charge in [-0.05, 0) is 20.3 Å². The van der Waals surface area contributed by atoms with Crippen LogP contribution in [0.25, 0.3) is 0 Å². The lowest BCUT2D eigenvalue weighted by Gasteiger charge is -1.91.